The van der Waals surface area contributed by atoms with E-state index in [4.69, 9.17) is 5.73 Å². The van der Waals surface area contributed by atoms with E-state index in [1.54, 1.807) is 0 Å². The van der Waals surface area contributed by atoms with Crippen molar-refractivity contribution in [1.82, 2.24) is 4.90 Å². The second-order valence-corrected chi connectivity index (χ2v) is 8.25. The van der Waals surface area contributed by atoms with Gasteiger partial charge < -0.3 is 5.73 Å². The molecule has 142 valence electrons. The maximum atomic E-state index is 11.2. The van der Waals surface area contributed by atoms with Crippen LogP contribution >= 0.6 is 0 Å². The van der Waals surface area contributed by atoms with E-state index in [0.717, 1.165) is 39.0 Å². The molecule has 1 aliphatic heterocycles. The van der Waals surface area contributed by atoms with Gasteiger partial charge in [0.25, 0.3) is 0 Å². The van der Waals surface area contributed by atoms with Gasteiger partial charge in [0.15, 0.2) is 0 Å². The molecule has 0 aromatic heterocycles. The zero-order valence-corrected chi connectivity index (χ0v) is 16.0. The molecule has 27 heavy (non-hydrogen) atoms. The number of Topliss-reactive ketones (excluding diaryl/α,β-unsaturated/α-hetero) is 1. The summed E-state index contributed by atoms with van der Waals surface area (Å²) in [7, 11) is 0. The van der Waals surface area contributed by atoms with Crippen LogP contribution in [0.3, 0.4) is 0 Å². The monoisotopic (exact) mass is 362 g/mol. The molecule has 4 rings (SSSR count). The summed E-state index contributed by atoms with van der Waals surface area (Å²) in [6, 6.07) is 19.7. The molecule has 3 heteroatoms. The number of carbonyl (C=O) groups excluding carboxylic acids is 1. The van der Waals surface area contributed by atoms with Crippen molar-refractivity contribution >= 4 is 5.78 Å². The number of rotatable bonds is 6. The highest BCUT2D eigenvalue weighted by Gasteiger charge is 2.28. The molecule has 1 atom stereocenters. The Hall–Kier alpha value is -1.97. The number of carbonyl (C=O) groups is 1. The number of nitrogens with two attached hydrogens (primary N) is 1. The molecule has 0 radical (unpaired) electrons. The highest BCUT2D eigenvalue weighted by atomic mass is 16.1. The van der Waals surface area contributed by atoms with Crippen LogP contribution < -0.4 is 5.73 Å². The maximum absolute atomic E-state index is 11.2. The molecule has 0 spiro atoms. The van der Waals surface area contributed by atoms with Gasteiger partial charge in [-0.05, 0) is 66.9 Å². The van der Waals surface area contributed by atoms with E-state index in [1.165, 1.54) is 29.5 Å². The fourth-order valence-electron chi connectivity index (χ4n) is 4.69. The van der Waals surface area contributed by atoms with E-state index in [0.29, 0.717) is 23.5 Å². The SMILES string of the molecule is NCC(c1ccccc1)C1CCN(Cc2ccc(C3CC(=O)C3)cc2)CC1. The quantitative estimate of drug-likeness (QED) is 0.842. The van der Waals surface area contributed by atoms with Gasteiger partial charge in [-0.3, -0.25) is 9.69 Å². The van der Waals surface area contributed by atoms with Crippen LogP contribution in [0, 0.1) is 5.92 Å². The standard InChI is InChI=1S/C24H30N2O/c25-16-24(20-4-2-1-3-5-20)21-10-12-26(13-11-21)17-18-6-8-19(9-7-18)22-14-23(27)15-22/h1-9,21-22,24H,10-17,25H2. The van der Waals surface area contributed by atoms with Crippen LogP contribution in [-0.4, -0.2) is 30.3 Å². The average Bonchev–Trinajstić information content (AvgIpc) is 2.69. The molecule has 2 fully saturated rings. The van der Waals surface area contributed by atoms with Gasteiger partial charge in [-0.1, -0.05) is 54.6 Å². The Morgan fingerprint density at radius 3 is 2.22 bits per heavy atom. The molecule has 2 aromatic carbocycles. The van der Waals surface area contributed by atoms with E-state index < -0.39 is 0 Å². The minimum absolute atomic E-state index is 0.401. The first-order valence-electron chi connectivity index (χ1n) is 10.3. The highest BCUT2D eigenvalue weighted by Crippen LogP contribution is 2.34. The van der Waals surface area contributed by atoms with Crippen LogP contribution in [0.1, 0.15) is 54.2 Å². The number of hydrogen-bond acceptors (Lipinski definition) is 3. The summed E-state index contributed by atoms with van der Waals surface area (Å²) in [5, 5.41) is 0. The lowest BCUT2D eigenvalue weighted by Gasteiger charge is -2.36. The van der Waals surface area contributed by atoms with E-state index in [2.05, 4.69) is 59.5 Å². The van der Waals surface area contributed by atoms with E-state index in [-0.39, 0.29) is 0 Å². The average molecular weight is 363 g/mol. The third-order valence-electron chi connectivity index (χ3n) is 6.49. The molecule has 1 aliphatic carbocycles. The summed E-state index contributed by atoms with van der Waals surface area (Å²) < 4.78 is 0. The summed E-state index contributed by atoms with van der Waals surface area (Å²) in [6.07, 6.45) is 3.91. The van der Waals surface area contributed by atoms with Crippen molar-refractivity contribution in [3.8, 4) is 0 Å². The zero-order valence-electron chi connectivity index (χ0n) is 16.0. The number of hydrogen-bond donors (Lipinski definition) is 1. The van der Waals surface area contributed by atoms with Crippen molar-refractivity contribution in [2.75, 3.05) is 19.6 Å². The fourth-order valence-corrected chi connectivity index (χ4v) is 4.69. The van der Waals surface area contributed by atoms with Gasteiger partial charge in [-0.2, -0.15) is 0 Å². The smallest absolute Gasteiger partial charge is 0.134 e. The van der Waals surface area contributed by atoms with E-state index in [9.17, 15) is 4.79 Å². The molecule has 0 bridgehead atoms. The first-order valence-corrected chi connectivity index (χ1v) is 10.3. The Labute approximate surface area is 162 Å². The van der Waals surface area contributed by atoms with Gasteiger partial charge in [0.2, 0.25) is 0 Å². The molecule has 2 N–H and O–H groups in total. The van der Waals surface area contributed by atoms with Crippen molar-refractivity contribution in [2.45, 2.75) is 44.1 Å². The normalized spacial score (nSPS) is 20.4. The Morgan fingerprint density at radius 2 is 1.63 bits per heavy atom. The first-order chi connectivity index (χ1) is 13.2. The molecule has 1 unspecified atom stereocenters. The van der Waals surface area contributed by atoms with E-state index in [1.807, 2.05) is 0 Å². The largest absolute Gasteiger partial charge is 0.330 e. The fraction of sp³-hybridized carbons (Fsp3) is 0.458. The Bertz CT molecular complexity index is 740. The predicted molar refractivity (Wildman–Crippen MR) is 110 cm³/mol. The maximum Gasteiger partial charge on any atom is 0.134 e. The third-order valence-corrected chi connectivity index (χ3v) is 6.49. The van der Waals surface area contributed by atoms with Crippen molar-refractivity contribution in [2.24, 2.45) is 11.7 Å². The lowest BCUT2D eigenvalue weighted by Crippen LogP contribution is -2.36. The molecule has 1 heterocycles. The van der Waals surface area contributed by atoms with Crippen molar-refractivity contribution in [1.29, 1.82) is 0 Å². The summed E-state index contributed by atoms with van der Waals surface area (Å²) >= 11 is 0. The second-order valence-electron chi connectivity index (χ2n) is 8.25. The first kappa shape index (κ1) is 18.4. The molecular weight excluding hydrogens is 332 g/mol. The molecule has 2 aliphatic rings. The van der Waals surface area contributed by atoms with Gasteiger partial charge in [0.1, 0.15) is 5.78 Å². The molecule has 1 saturated carbocycles. The van der Waals surface area contributed by atoms with Crippen LogP contribution in [0.5, 0.6) is 0 Å². The van der Waals surface area contributed by atoms with Gasteiger partial charge in [-0.25, -0.2) is 0 Å². The number of piperidine rings is 1. The lowest BCUT2D eigenvalue weighted by atomic mass is 9.79. The topological polar surface area (TPSA) is 46.3 Å². The number of likely N-dealkylation sites (tertiary alicyclic amines) is 1. The summed E-state index contributed by atoms with van der Waals surface area (Å²) in [5.41, 5.74) is 10.2. The Morgan fingerprint density at radius 1 is 0.963 bits per heavy atom. The van der Waals surface area contributed by atoms with Crippen LogP contribution in [0.2, 0.25) is 0 Å². The number of benzene rings is 2. The van der Waals surface area contributed by atoms with Crippen molar-refractivity contribution < 1.29 is 4.79 Å². The van der Waals surface area contributed by atoms with Gasteiger partial charge >= 0.3 is 0 Å². The van der Waals surface area contributed by atoms with Crippen molar-refractivity contribution in [3.63, 3.8) is 0 Å². The lowest BCUT2D eigenvalue weighted by molar-refractivity contribution is -0.124. The molecule has 1 saturated heterocycles. The van der Waals surface area contributed by atoms with Crippen LogP contribution in [0.15, 0.2) is 54.6 Å². The Balaban J connectivity index is 1.29. The molecular formula is C24H30N2O. The summed E-state index contributed by atoms with van der Waals surface area (Å²) in [6.45, 7) is 4.05. The highest BCUT2D eigenvalue weighted by molar-refractivity contribution is 5.86. The van der Waals surface area contributed by atoms with Crippen LogP contribution in [-0.2, 0) is 11.3 Å². The van der Waals surface area contributed by atoms with Gasteiger partial charge in [0.05, 0.1) is 0 Å². The third kappa shape index (κ3) is 4.31. The predicted octanol–water partition coefficient (Wildman–Crippen LogP) is 4.09. The van der Waals surface area contributed by atoms with Crippen LogP contribution in [0.4, 0.5) is 0 Å². The van der Waals surface area contributed by atoms with Crippen molar-refractivity contribution in [3.05, 3.63) is 71.3 Å². The van der Waals surface area contributed by atoms with Gasteiger partial charge in [0, 0.05) is 19.4 Å². The molecule has 3 nitrogen and oxygen atoms in total. The minimum Gasteiger partial charge on any atom is -0.330 e. The Kier molecular flexibility index (Phi) is 5.70. The van der Waals surface area contributed by atoms with E-state index >= 15 is 0 Å². The van der Waals surface area contributed by atoms with Crippen LogP contribution in [0.25, 0.3) is 0 Å². The summed E-state index contributed by atoms with van der Waals surface area (Å²) in [4.78, 5) is 13.8. The molecule has 0 amide bonds. The molecule has 2 aromatic rings. The second kappa shape index (κ2) is 8.37. The number of ketones is 1. The summed E-state index contributed by atoms with van der Waals surface area (Å²) in [5.74, 6) is 2.04. The minimum atomic E-state index is 0.401. The van der Waals surface area contributed by atoms with Gasteiger partial charge in [-0.15, -0.1) is 0 Å². The zero-order chi connectivity index (χ0) is 18.6. The number of nitrogens with zero attached hydrogens (tertiary/aromatic N) is 1.